The van der Waals surface area contributed by atoms with Gasteiger partial charge in [0.1, 0.15) is 6.61 Å². The Morgan fingerprint density at radius 1 is 1.35 bits per heavy atom. The number of rotatable bonds is 4. The van der Waals surface area contributed by atoms with Gasteiger partial charge in [-0.3, -0.25) is 4.79 Å². The first-order valence-electron chi connectivity index (χ1n) is 6.98. The predicted molar refractivity (Wildman–Crippen MR) is 81.6 cm³/mol. The van der Waals surface area contributed by atoms with Crippen LogP contribution < -0.4 is 5.32 Å². The van der Waals surface area contributed by atoms with Gasteiger partial charge in [0.25, 0.3) is 5.91 Å². The Morgan fingerprint density at radius 2 is 2.00 bits per heavy atom. The first kappa shape index (κ1) is 16.3. The number of amides is 1. The Morgan fingerprint density at radius 3 is 2.55 bits per heavy atom. The van der Waals surface area contributed by atoms with Gasteiger partial charge in [-0.25, -0.2) is 0 Å². The third-order valence-electron chi connectivity index (χ3n) is 3.70. The van der Waals surface area contributed by atoms with Crippen LogP contribution in [0.25, 0.3) is 0 Å². The summed E-state index contributed by atoms with van der Waals surface area (Å²) in [6.45, 7) is 7.90. The van der Waals surface area contributed by atoms with Crippen LogP contribution in [-0.4, -0.2) is 23.2 Å². The Bertz CT molecular complexity index is 534. The molecule has 0 unspecified atom stereocenters. The van der Waals surface area contributed by atoms with Crippen molar-refractivity contribution in [3.8, 4) is 11.8 Å². The molecule has 0 atom stereocenters. The van der Waals surface area contributed by atoms with Gasteiger partial charge in [0.2, 0.25) is 0 Å². The maximum atomic E-state index is 12.5. The number of benzene rings is 1. The van der Waals surface area contributed by atoms with E-state index in [9.17, 15) is 4.79 Å². The maximum Gasteiger partial charge on any atom is 0.252 e. The molecule has 0 radical (unpaired) electrons. The Kier molecular flexibility index (Phi) is 5.79. The lowest BCUT2D eigenvalue weighted by molar-refractivity contribution is 0.0900. The van der Waals surface area contributed by atoms with Crippen molar-refractivity contribution in [1.29, 1.82) is 0 Å². The van der Waals surface area contributed by atoms with Crippen molar-refractivity contribution in [3.63, 3.8) is 0 Å². The van der Waals surface area contributed by atoms with Crippen molar-refractivity contribution in [2.75, 3.05) is 6.61 Å². The summed E-state index contributed by atoms with van der Waals surface area (Å²) in [4.78, 5) is 12.5. The summed E-state index contributed by atoms with van der Waals surface area (Å²) >= 11 is 0. The molecule has 0 saturated carbocycles. The van der Waals surface area contributed by atoms with Crippen molar-refractivity contribution in [1.82, 2.24) is 5.32 Å². The monoisotopic (exact) mass is 273 g/mol. The first-order valence-corrected chi connectivity index (χ1v) is 6.98. The van der Waals surface area contributed by atoms with E-state index >= 15 is 0 Å². The Labute approximate surface area is 121 Å². The minimum absolute atomic E-state index is 0.109. The number of nitrogens with one attached hydrogen (secondary N) is 1. The van der Waals surface area contributed by atoms with Gasteiger partial charge < -0.3 is 10.4 Å². The predicted octanol–water partition coefficient (Wildman–Crippen LogP) is 2.65. The number of aliphatic hydroxyl groups is 1. The molecule has 3 heteroatoms. The quantitative estimate of drug-likeness (QED) is 0.829. The largest absolute Gasteiger partial charge is 0.384 e. The molecule has 0 saturated heterocycles. The fraction of sp³-hybridized carbons (Fsp3) is 0.471. The van der Waals surface area contributed by atoms with Gasteiger partial charge in [-0.1, -0.05) is 37.3 Å². The highest BCUT2D eigenvalue weighted by Crippen LogP contribution is 2.17. The van der Waals surface area contributed by atoms with Crippen LogP contribution in [0.3, 0.4) is 0 Å². The number of aliphatic hydroxyl groups excluding tert-OH is 1. The summed E-state index contributed by atoms with van der Waals surface area (Å²) < 4.78 is 0. The molecule has 0 aromatic heterocycles. The van der Waals surface area contributed by atoms with Gasteiger partial charge in [0.05, 0.1) is 5.56 Å². The highest BCUT2D eigenvalue weighted by atomic mass is 16.2. The smallest absolute Gasteiger partial charge is 0.252 e. The summed E-state index contributed by atoms with van der Waals surface area (Å²) in [5.74, 6) is 5.32. The molecule has 0 spiro atoms. The average Bonchev–Trinajstić information content (AvgIpc) is 2.45. The second-order valence-corrected chi connectivity index (χ2v) is 5.23. The zero-order valence-electron chi connectivity index (χ0n) is 12.7. The van der Waals surface area contributed by atoms with E-state index in [1.54, 1.807) is 0 Å². The molecular weight excluding hydrogens is 250 g/mol. The van der Waals surface area contributed by atoms with Crippen LogP contribution in [0.1, 0.15) is 55.1 Å². The van der Waals surface area contributed by atoms with Gasteiger partial charge in [0.15, 0.2) is 0 Å². The van der Waals surface area contributed by atoms with E-state index in [1.165, 1.54) is 0 Å². The number of aryl methyl sites for hydroxylation is 1. The fourth-order valence-electron chi connectivity index (χ4n) is 1.86. The van der Waals surface area contributed by atoms with E-state index in [-0.39, 0.29) is 18.1 Å². The number of hydrogen-bond donors (Lipinski definition) is 2. The molecule has 0 aliphatic heterocycles. The van der Waals surface area contributed by atoms with Crippen LogP contribution in [-0.2, 0) is 0 Å². The summed E-state index contributed by atoms with van der Waals surface area (Å²) in [7, 11) is 0. The summed E-state index contributed by atoms with van der Waals surface area (Å²) in [5.41, 5.74) is 2.03. The molecule has 1 rings (SSSR count). The molecule has 0 aliphatic rings. The second-order valence-electron chi connectivity index (χ2n) is 5.23. The third-order valence-corrected chi connectivity index (χ3v) is 3.70. The van der Waals surface area contributed by atoms with Crippen LogP contribution in [0.5, 0.6) is 0 Å². The van der Waals surface area contributed by atoms with Crippen molar-refractivity contribution >= 4 is 5.91 Å². The van der Waals surface area contributed by atoms with Crippen molar-refractivity contribution in [3.05, 3.63) is 34.9 Å². The number of carbonyl (C=O) groups is 1. The molecule has 0 fully saturated rings. The zero-order valence-corrected chi connectivity index (χ0v) is 12.7. The van der Waals surface area contributed by atoms with E-state index in [1.807, 2.05) is 32.0 Å². The minimum Gasteiger partial charge on any atom is -0.384 e. The van der Waals surface area contributed by atoms with Crippen LogP contribution in [0.2, 0.25) is 0 Å². The highest BCUT2D eigenvalue weighted by Gasteiger charge is 2.23. The van der Waals surface area contributed by atoms with Crippen LogP contribution >= 0.6 is 0 Å². The molecule has 0 bridgehead atoms. The second kappa shape index (κ2) is 7.12. The van der Waals surface area contributed by atoms with E-state index < -0.39 is 0 Å². The zero-order chi connectivity index (χ0) is 15.2. The van der Waals surface area contributed by atoms with Crippen molar-refractivity contribution in [2.45, 2.75) is 46.1 Å². The van der Waals surface area contributed by atoms with E-state index in [2.05, 4.69) is 31.0 Å². The highest BCUT2D eigenvalue weighted by molar-refractivity contribution is 5.97. The maximum absolute atomic E-state index is 12.5. The lowest BCUT2D eigenvalue weighted by atomic mass is 9.94. The topological polar surface area (TPSA) is 49.3 Å². The first-order chi connectivity index (χ1) is 9.45. The molecule has 20 heavy (non-hydrogen) atoms. The lowest BCUT2D eigenvalue weighted by Crippen LogP contribution is -2.45. The number of carbonyl (C=O) groups excluding carboxylic acids is 1. The van der Waals surface area contributed by atoms with Crippen LogP contribution in [0.15, 0.2) is 18.2 Å². The molecule has 0 heterocycles. The molecule has 3 nitrogen and oxygen atoms in total. The summed E-state index contributed by atoms with van der Waals surface area (Å²) in [5, 5.41) is 11.9. The molecule has 2 N–H and O–H groups in total. The lowest BCUT2D eigenvalue weighted by Gasteiger charge is -2.28. The van der Waals surface area contributed by atoms with E-state index in [0.717, 1.165) is 18.4 Å². The molecular formula is C17H23NO2. The van der Waals surface area contributed by atoms with Gasteiger partial charge in [-0.05, 0) is 38.8 Å². The molecule has 108 valence electrons. The van der Waals surface area contributed by atoms with Crippen LogP contribution in [0.4, 0.5) is 0 Å². The standard InChI is InChI=1S/C17H23NO2/c1-5-17(4,6-2)18-16(20)15-12-13(3)9-10-14(15)8-7-11-19/h9-10,12,19H,5-6,11H2,1-4H3,(H,18,20). The molecule has 1 amide bonds. The van der Waals surface area contributed by atoms with E-state index in [4.69, 9.17) is 5.11 Å². The van der Waals surface area contributed by atoms with Gasteiger partial charge >= 0.3 is 0 Å². The normalized spacial score (nSPS) is 10.7. The number of hydrogen-bond acceptors (Lipinski definition) is 2. The fourth-order valence-corrected chi connectivity index (χ4v) is 1.86. The molecule has 0 aliphatic carbocycles. The van der Waals surface area contributed by atoms with E-state index in [0.29, 0.717) is 11.1 Å². The minimum atomic E-state index is -0.212. The Balaban J connectivity index is 3.11. The van der Waals surface area contributed by atoms with Crippen LogP contribution in [0, 0.1) is 18.8 Å². The van der Waals surface area contributed by atoms with Gasteiger partial charge in [0, 0.05) is 11.1 Å². The summed E-state index contributed by atoms with van der Waals surface area (Å²) in [6, 6.07) is 5.57. The molecule has 1 aromatic rings. The van der Waals surface area contributed by atoms with Crippen molar-refractivity contribution < 1.29 is 9.90 Å². The SMILES string of the molecule is CCC(C)(CC)NC(=O)c1cc(C)ccc1C#CCO. The summed E-state index contributed by atoms with van der Waals surface area (Å²) in [6.07, 6.45) is 1.75. The van der Waals surface area contributed by atoms with Gasteiger partial charge in [-0.2, -0.15) is 0 Å². The van der Waals surface area contributed by atoms with Gasteiger partial charge in [-0.15, -0.1) is 0 Å². The average molecular weight is 273 g/mol. The third kappa shape index (κ3) is 4.11. The van der Waals surface area contributed by atoms with Crippen molar-refractivity contribution in [2.24, 2.45) is 0 Å². The molecule has 1 aromatic carbocycles. The Hall–Kier alpha value is -1.79.